The fourth-order valence-electron chi connectivity index (χ4n) is 4.06. The third kappa shape index (κ3) is 4.99. The quantitative estimate of drug-likeness (QED) is 0.422. The monoisotopic (exact) mass is 391 g/mol. The number of Topliss-reactive ketones (excluding diaryl/α,β-unsaturated/α-hetero) is 1. The zero-order chi connectivity index (χ0) is 19.9. The molecule has 2 amide bonds. The van der Waals surface area contributed by atoms with Crippen molar-refractivity contribution in [3.05, 3.63) is 24.2 Å². The molecule has 2 aliphatic heterocycles. The van der Waals surface area contributed by atoms with Crippen LogP contribution in [0, 0.1) is 5.92 Å². The SMILES string of the molecule is COCCNC(=O)[C@@H]1CCCN(C2CCN(C(=O)C(=O)c3ccco3)CC2)C1. The molecule has 0 saturated carbocycles. The highest BCUT2D eigenvalue weighted by molar-refractivity contribution is 6.41. The van der Waals surface area contributed by atoms with Crippen LogP contribution in [0.3, 0.4) is 0 Å². The first kappa shape index (κ1) is 20.5. The van der Waals surface area contributed by atoms with E-state index in [9.17, 15) is 14.4 Å². The first-order valence-electron chi connectivity index (χ1n) is 9.98. The predicted octanol–water partition coefficient (Wildman–Crippen LogP) is 0.928. The van der Waals surface area contributed by atoms with Crippen LogP contribution in [0.2, 0.25) is 0 Å². The van der Waals surface area contributed by atoms with Gasteiger partial charge in [-0.05, 0) is 44.4 Å². The number of ketones is 1. The third-order valence-electron chi connectivity index (χ3n) is 5.64. The second-order valence-electron chi connectivity index (χ2n) is 7.45. The van der Waals surface area contributed by atoms with E-state index in [0.717, 1.165) is 38.8 Å². The molecule has 1 N–H and O–H groups in total. The maximum atomic E-state index is 12.4. The lowest BCUT2D eigenvalue weighted by Crippen LogP contribution is -2.52. The van der Waals surface area contributed by atoms with Crippen molar-refractivity contribution >= 4 is 17.6 Å². The number of hydrogen-bond acceptors (Lipinski definition) is 6. The number of ether oxygens (including phenoxy) is 1. The molecular formula is C20H29N3O5. The summed E-state index contributed by atoms with van der Waals surface area (Å²) in [4.78, 5) is 40.9. The van der Waals surface area contributed by atoms with Crippen molar-refractivity contribution in [2.45, 2.75) is 31.7 Å². The second-order valence-corrected chi connectivity index (χ2v) is 7.45. The molecule has 154 valence electrons. The van der Waals surface area contributed by atoms with Crippen molar-refractivity contribution in [2.75, 3.05) is 46.4 Å². The Labute approximate surface area is 165 Å². The molecule has 0 aromatic carbocycles. The molecule has 0 unspecified atom stereocenters. The maximum Gasteiger partial charge on any atom is 0.298 e. The Morgan fingerprint density at radius 3 is 2.68 bits per heavy atom. The number of methoxy groups -OCH3 is 1. The van der Waals surface area contributed by atoms with E-state index in [1.54, 1.807) is 18.1 Å². The van der Waals surface area contributed by atoms with Crippen LogP contribution in [0.25, 0.3) is 0 Å². The molecule has 0 spiro atoms. The number of carbonyl (C=O) groups excluding carboxylic acids is 3. The predicted molar refractivity (Wildman–Crippen MR) is 102 cm³/mol. The highest BCUT2D eigenvalue weighted by Gasteiger charge is 2.34. The highest BCUT2D eigenvalue weighted by Crippen LogP contribution is 2.24. The molecule has 3 heterocycles. The lowest BCUT2D eigenvalue weighted by Gasteiger charge is -2.41. The zero-order valence-electron chi connectivity index (χ0n) is 16.4. The molecular weight excluding hydrogens is 362 g/mol. The zero-order valence-corrected chi connectivity index (χ0v) is 16.4. The number of carbonyl (C=O) groups is 3. The van der Waals surface area contributed by atoms with Gasteiger partial charge in [0.2, 0.25) is 5.91 Å². The third-order valence-corrected chi connectivity index (χ3v) is 5.64. The Balaban J connectivity index is 1.47. The molecule has 2 saturated heterocycles. The molecule has 2 fully saturated rings. The summed E-state index contributed by atoms with van der Waals surface area (Å²) in [6, 6.07) is 3.46. The van der Waals surface area contributed by atoms with Gasteiger partial charge in [0, 0.05) is 39.3 Å². The molecule has 1 aromatic heterocycles. The second kappa shape index (κ2) is 9.84. The number of amides is 2. The standard InChI is InChI=1S/C20H29N3O5/c1-27-13-8-21-19(25)15-4-2-9-23(14-15)16-6-10-22(11-7-16)20(26)18(24)17-5-3-12-28-17/h3,5,12,15-16H,2,4,6-11,13-14H2,1H3,(H,21,25)/t15-/m1/s1. The molecule has 0 radical (unpaired) electrons. The summed E-state index contributed by atoms with van der Waals surface area (Å²) in [6.07, 6.45) is 4.93. The summed E-state index contributed by atoms with van der Waals surface area (Å²) in [5.41, 5.74) is 0. The van der Waals surface area contributed by atoms with Crippen molar-refractivity contribution in [1.82, 2.24) is 15.1 Å². The van der Waals surface area contributed by atoms with E-state index >= 15 is 0 Å². The Kier molecular flexibility index (Phi) is 7.22. The van der Waals surface area contributed by atoms with Gasteiger partial charge in [0.15, 0.2) is 5.76 Å². The van der Waals surface area contributed by atoms with Gasteiger partial charge in [0.25, 0.3) is 11.7 Å². The molecule has 0 bridgehead atoms. The summed E-state index contributed by atoms with van der Waals surface area (Å²) < 4.78 is 10.0. The Morgan fingerprint density at radius 2 is 2.00 bits per heavy atom. The number of furan rings is 1. The van der Waals surface area contributed by atoms with E-state index in [1.165, 1.54) is 12.3 Å². The fraction of sp³-hybridized carbons (Fsp3) is 0.650. The topological polar surface area (TPSA) is 92.1 Å². The Bertz CT molecular complexity index is 667. The van der Waals surface area contributed by atoms with Crippen LogP contribution in [-0.4, -0.2) is 79.9 Å². The highest BCUT2D eigenvalue weighted by atomic mass is 16.5. The summed E-state index contributed by atoms with van der Waals surface area (Å²) in [6.45, 7) is 3.89. The number of hydrogen-bond donors (Lipinski definition) is 1. The lowest BCUT2D eigenvalue weighted by molar-refractivity contribution is -0.128. The van der Waals surface area contributed by atoms with Gasteiger partial charge in [-0.15, -0.1) is 0 Å². The van der Waals surface area contributed by atoms with Crippen LogP contribution in [0.4, 0.5) is 0 Å². The molecule has 28 heavy (non-hydrogen) atoms. The van der Waals surface area contributed by atoms with Crippen LogP contribution in [0.15, 0.2) is 22.8 Å². The van der Waals surface area contributed by atoms with Gasteiger partial charge in [-0.1, -0.05) is 0 Å². The maximum absolute atomic E-state index is 12.4. The number of nitrogens with zero attached hydrogens (tertiary/aromatic N) is 2. The van der Waals surface area contributed by atoms with Crippen molar-refractivity contribution in [2.24, 2.45) is 5.92 Å². The van der Waals surface area contributed by atoms with E-state index in [-0.39, 0.29) is 17.6 Å². The molecule has 3 rings (SSSR count). The fourth-order valence-corrected chi connectivity index (χ4v) is 4.06. The van der Waals surface area contributed by atoms with Crippen LogP contribution in [0.1, 0.15) is 36.2 Å². The molecule has 1 atom stereocenters. The number of likely N-dealkylation sites (tertiary alicyclic amines) is 2. The van der Waals surface area contributed by atoms with E-state index in [2.05, 4.69) is 10.2 Å². The van der Waals surface area contributed by atoms with Gasteiger partial charge in [-0.2, -0.15) is 0 Å². The van der Waals surface area contributed by atoms with Crippen LogP contribution >= 0.6 is 0 Å². The molecule has 0 aliphatic carbocycles. The van der Waals surface area contributed by atoms with E-state index in [0.29, 0.717) is 32.3 Å². The average Bonchev–Trinajstić information content (AvgIpc) is 3.28. The minimum atomic E-state index is -0.589. The van der Waals surface area contributed by atoms with Gasteiger partial charge in [-0.3, -0.25) is 19.3 Å². The summed E-state index contributed by atoms with van der Waals surface area (Å²) in [5.74, 6) is -0.897. The smallest absolute Gasteiger partial charge is 0.298 e. The van der Waals surface area contributed by atoms with Gasteiger partial charge in [0.05, 0.1) is 18.8 Å². The first-order chi connectivity index (χ1) is 13.6. The van der Waals surface area contributed by atoms with Crippen LogP contribution in [0.5, 0.6) is 0 Å². The number of rotatable bonds is 7. The minimum absolute atomic E-state index is 0.00537. The Hall–Kier alpha value is -2.19. The van der Waals surface area contributed by atoms with Gasteiger partial charge in [0.1, 0.15) is 0 Å². The number of nitrogens with one attached hydrogen (secondary N) is 1. The van der Waals surface area contributed by atoms with Crippen molar-refractivity contribution < 1.29 is 23.5 Å². The summed E-state index contributed by atoms with van der Waals surface area (Å²) in [5, 5.41) is 2.93. The van der Waals surface area contributed by atoms with E-state index < -0.39 is 11.7 Å². The molecule has 1 aromatic rings. The van der Waals surface area contributed by atoms with E-state index in [4.69, 9.17) is 9.15 Å². The van der Waals surface area contributed by atoms with Crippen molar-refractivity contribution in [1.29, 1.82) is 0 Å². The van der Waals surface area contributed by atoms with Gasteiger partial charge < -0.3 is 19.4 Å². The molecule has 8 heteroatoms. The normalized spacial score (nSPS) is 21.5. The van der Waals surface area contributed by atoms with Crippen LogP contribution < -0.4 is 5.32 Å². The minimum Gasteiger partial charge on any atom is -0.461 e. The largest absolute Gasteiger partial charge is 0.461 e. The van der Waals surface area contributed by atoms with Crippen LogP contribution in [-0.2, 0) is 14.3 Å². The molecule has 8 nitrogen and oxygen atoms in total. The Morgan fingerprint density at radius 1 is 1.21 bits per heavy atom. The van der Waals surface area contributed by atoms with Crippen molar-refractivity contribution in [3.63, 3.8) is 0 Å². The van der Waals surface area contributed by atoms with Gasteiger partial charge in [-0.25, -0.2) is 0 Å². The van der Waals surface area contributed by atoms with E-state index in [1.807, 2.05) is 0 Å². The summed E-state index contributed by atoms with van der Waals surface area (Å²) >= 11 is 0. The number of piperidine rings is 2. The van der Waals surface area contributed by atoms with Gasteiger partial charge >= 0.3 is 0 Å². The lowest BCUT2D eigenvalue weighted by atomic mass is 9.93. The first-order valence-corrected chi connectivity index (χ1v) is 9.98. The molecule has 2 aliphatic rings. The summed E-state index contributed by atoms with van der Waals surface area (Å²) in [7, 11) is 1.62. The van der Waals surface area contributed by atoms with Crippen molar-refractivity contribution in [3.8, 4) is 0 Å². The average molecular weight is 391 g/mol.